The molecule has 0 bridgehead atoms. The minimum Gasteiger partial charge on any atom is -0.406 e. The lowest BCUT2D eigenvalue weighted by molar-refractivity contribution is -0.274. The molecule has 2 atom stereocenters. The highest BCUT2D eigenvalue weighted by Crippen LogP contribution is 2.26. The molecule has 0 heterocycles. The van der Waals surface area contributed by atoms with Crippen LogP contribution in [0.25, 0.3) is 0 Å². The van der Waals surface area contributed by atoms with Gasteiger partial charge in [-0.2, -0.15) is 0 Å². The van der Waals surface area contributed by atoms with Crippen LogP contribution in [0.5, 0.6) is 5.75 Å². The fraction of sp³-hybridized carbons (Fsp3) is 0.250. The lowest BCUT2D eigenvalue weighted by Crippen LogP contribution is -2.28. The Morgan fingerprint density at radius 1 is 1.04 bits per heavy atom. The summed E-state index contributed by atoms with van der Waals surface area (Å²) in [5, 5.41) is 10.2. The molecule has 2 aromatic carbocycles. The number of halogens is 4. The molecule has 0 unspecified atom stereocenters. The number of ether oxygens (including phenoxy) is 1. The Kier molecular flexibility index (Phi) is 6.87. The summed E-state index contributed by atoms with van der Waals surface area (Å²) in [6, 6.07) is 13.8. The predicted molar refractivity (Wildman–Crippen MR) is 83.5 cm³/mol. The second-order valence-corrected chi connectivity index (χ2v) is 4.90. The second kappa shape index (κ2) is 8.19. The molecule has 7 heteroatoms. The highest BCUT2D eigenvalue weighted by Gasteiger charge is 2.31. The summed E-state index contributed by atoms with van der Waals surface area (Å²) in [5.74, 6) is -0.354. The Morgan fingerprint density at radius 3 is 2.30 bits per heavy atom. The number of aliphatic hydroxyl groups excluding tert-OH is 1. The van der Waals surface area contributed by atoms with Gasteiger partial charge < -0.3 is 15.6 Å². The quantitative estimate of drug-likeness (QED) is 0.868. The summed E-state index contributed by atoms with van der Waals surface area (Å²) in [6.07, 6.45) is -5.36. The van der Waals surface area contributed by atoms with Gasteiger partial charge in [-0.3, -0.25) is 0 Å². The average molecular weight is 348 g/mol. The van der Waals surface area contributed by atoms with Gasteiger partial charge >= 0.3 is 6.36 Å². The van der Waals surface area contributed by atoms with E-state index in [9.17, 15) is 18.3 Å². The zero-order valence-corrected chi connectivity index (χ0v) is 12.8. The third-order valence-electron chi connectivity index (χ3n) is 3.18. The first-order valence-corrected chi connectivity index (χ1v) is 6.68. The van der Waals surface area contributed by atoms with Crippen LogP contribution in [0.2, 0.25) is 0 Å². The van der Waals surface area contributed by atoms with E-state index >= 15 is 0 Å². The van der Waals surface area contributed by atoms with Gasteiger partial charge in [-0.15, -0.1) is 25.6 Å². The maximum Gasteiger partial charge on any atom is 0.573 e. The highest BCUT2D eigenvalue weighted by molar-refractivity contribution is 5.85. The van der Waals surface area contributed by atoms with Crippen LogP contribution in [0.1, 0.15) is 17.2 Å². The number of rotatable bonds is 5. The van der Waals surface area contributed by atoms with E-state index in [1.54, 1.807) is 6.07 Å². The van der Waals surface area contributed by atoms with Crippen LogP contribution in [-0.4, -0.2) is 17.6 Å². The Morgan fingerprint density at radius 2 is 1.70 bits per heavy atom. The van der Waals surface area contributed by atoms with E-state index in [0.717, 1.165) is 5.56 Å². The molecule has 3 nitrogen and oxygen atoms in total. The van der Waals surface area contributed by atoms with Crippen molar-refractivity contribution in [3.8, 4) is 5.75 Å². The minimum atomic E-state index is -4.76. The summed E-state index contributed by atoms with van der Waals surface area (Å²) in [7, 11) is 0. The number of benzene rings is 2. The molecular weight excluding hydrogens is 331 g/mol. The van der Waals surface area contributed by atoms with E-state index in [4.69, 9.17) is 5.73 Å². The van der Waals surface area contributed by atoms with Crippen LogP contribution in [0.4, 0.5) is 13.2 Å². The smallest absolute Gasteiger partial charge is 0.406 e. The fourth-order valence-corrected chi connectivity index (χ4v) is 2.12. The van der Waals surface area contributed by atoms with Gasteiger partial charge in [-0.25, -0.2) is 0 Å². The molecular formula is C16H17ClF3NO2. The van der Waals surface area contributed by atoms with E-state index in [2.05, 4.69) is 4.74 Å². The Bertz CT molecular complexity index is 608. The van der Waals surface area contributed by atoms with Crippen molar-refractivity contribution in [2.75, 3.05) is 0 Å². The molecule has 126 valence electrons. The van der Waals surface area contributed by atoms with Gasteiger partial charge in [-0.05, 0) is 23.3 Å². The highest BCUT2D eigenvalue weighted by atomic mass is 35.5. The molecule has 2 aromatic rings. The van der Waals surface area contributed by atoms with E-state index in [1.807, 2.05) is 30.3 Å². The van der Waals surface area contributed by atoms with Crippen LogP contribution in [0.3, 0.4) is 0 Å². The zero-order chi connectivity index (χ0) is 16.2. The molecule has 0 saturated heterocycles. The predicted octanol–water partition coefficient (Wildman–Crippen LogP) is 3.61. The molecule has 3 N–H and O–H groups in total. The molecule has 0 aliphatic heterocycles. The van der Waals surface area contributed by atoms with E-state index < -0.39 is 18.5 Å². The van der Waals surface area contributed by atoms with Crippen molar-refractivity contribution in [3.05, 3.63) is 65.7 Å². The molecule has 0 aromatic heterocycles. The van der Waals surface area contributed by atoms with E-state index in [1.165, 1.54) is 18.2 Å². The van der Waals surface area contributed by atoms with E-state index in [-0.39, 0.29) is 18.2 Å². The van der Waals surface area contributed by atoms with Crippen molar-refractivity contribution < 1.29 is 23.0 Å². The van der Waals surface area contributed by atoms with Crippen LogP contribution >= 0.6 is 12.4 Å². The van der Waals surface area contributed by atoms with Crippen LogP contribution in [0.15, 0.2) is 54.6 Å². The van der Waals surface area contributed by atoms with Gasteiger partial charge in [-0.1, -0.05) is 42.5 Å². The van der Waals surface area contributed by atoms with Gasteiger partial charge in [0.15, 0.2) is 0 Å². The summed E-state index contributed by atoms with van der Waals surface area (Å²) in [6.45, 7) is 0. The minimum absolute atomic E-state index is 0. The standard InChI is InChI=1S/C16H16F3NO2.ClH/c17-16(18,19)22-13-8-4-7-12(10-13)15(20)14(21)9-11-5-2-1-3-6-11;/h1-8,10,14-15,21H,9,20H2;1H/t14-,15+;/m0./s1. The van der Waals surface area contributed by atoms with Crippen molar-refractivity contribution >= 4 is 12.4 Å². The Hall–Kier alpha value is -1.76. The average Bonchev–Trinajstić information content (AvgIpc) is 2.46. The van der Waals surface area contributed by atoms with Crippen LogP contribution < -0.4 is 10.5 Å². The first kappa shape index (κ1) is 19.3. The van der Waals surface area contributed by atoms with Gasteiger partial charge in [0.1, 0.15) is 5.75 Å². The summed E-state index contributed by atoms with van der Waals surface area (Å²) >= 11 is 0. The Labute approximate surface area is 138 Å². The SMILES string of the molecule is Cl.N[C@H](c1cccc(OC(F)(F)F)c1)[C@@H](O)Cc1ccccc1. The number of alkyl halides is 3. The Balaban J connectivity index is 0.00000264. The molecule has 23 heavy (non-hydrogen) atoms. The number of hydrogen-bond acceptors (Lipinski definition) is 3. The molecule has 0 fully saturated rings. The summed E-state index contributed by atoms with van der Waals surface area (Å²) < 4.78 is 40.5. The molecule has 0 amide bonds. The van der Waals surface area contributed by atoms with Crippen molar-refractivity contribution in [3.63, 3.8) is 0 Å². The molecule has 2 rings (SSSR count). The summed E-state index contributed by atoms with van der Waals surface area (Å²) in [5.41, 5.74) is 7.21. The second-order valence-electron chi connectivity index (χ2n) is 4.90. The van der Waals surface area contributed by atoms with Gasteiger partial charge in [0.25, 0.3) is 0 Å². The fourth-order valence-electron chi connectivity index (χ4n) is 2.12. The maximum absolute atomic E-state index is 12.2. The van der Waals surface area contributed by atoms with Gasteiger partial charge in [0.2, 0.25) is 0 Å². The molecule has 0 aliphatic rings. The zero-order valence-electron chi connectivity index (χ0n) is 12.0. The van der Waals surface area contributed by atoms with Crippen LogP contribution in [-0.2, 0) is 6.42 Å². The largest absolute Gasteiger partial charge is 0.573 e. The van der Waals surface area contributed by atoms with Gasteiger partial charge in [0.05, 0.1) is 12.1 Å². The number of hydrogen-bond donors (Lipinski definition) is 2. The van der Waals surface area contributed by atoms with Crippen molar-refractivity contribution in [1.82, 2.24) is 0 Å². The number of nitrogens with two attached hydrogens (primary N) is 1. The van der Waals surface area contributed by atoms with Crippen molar-refractivity contribution in [1.29, 1.82) is 0 Å². The maximum atomic E-state index is 12.2. The molecule has 0 spiro atoms. The third-order valence-corrected chi connectivity index (χ3v) is 3.18. The topological polar surface area (TPSA) is 55.5 Å². The molecule has 0 aliphatic carbocycles. The van der Waals surface area contributed by atoms with Crippen LogP contribution in [0, 0.1) is 0 Å². The normalized spacial score (nSPS) is 13.8. The summed E-state index contributed by atoms with van der Waals surface area (Å²) in [4.78, 5) is 0. The molecule has 0 saturated carbocycles. The van der Waals surface area contributed by atoms with E-state index in [0.29, 0.717) is 12.0 Å². The third kappa shape index (κ3) is 6.09. The van der Waals surface area contributed by atoms with Crippen molar-refractivity contribution in [2.24, 2.45) is 5.73 Å². The first-order valence-electron chi connectivity index (χ1n) is 6.68. The van der Waals surface area contributed by atoms with Gasteiger partial charge in [0, 0.05) is 6.42 Å². The lowest BCUT2D eigenvalue weighted by Gasteiger charge is -2.20. The van der Waals surface area contributed by atoms with Crippen molar-refractivity contribution in [2.45, 2.75) is 24.9 Å². The number of aliphatic hydroxyl groups is 1. The monoisotopic (exact) mass is 347 g/mol. The molecule has 0 radical (unpaired) electrons. The lowest BCUT2D eigenvalue weighted by atomic mass is 9.97. The first-order chi connectivity index (χ1) is 10.3.